The number of rotatable bonds is 9. The average molecular weight is 282 g/mol. The Bertz CT molecular complexity index is 435. The lowest BCUT2D eigenvalue weighted by Crippen LogP contribution is -2.15. The Labute approximate surface area is 119 Å². The summed E-state index contributed by atoms with van der Waals surface area (Å²) in [6.45, 7) is 4.21. The van der Waals surface area contributed by atoms with Crippen LogP contribution in [0.1, 0.15) is 17.5 Å². The van der Waals surface area contributed by atoms with Crippen LogP contribution in [0.15, 0.2) is 23.4 Å². The van der Waals surface area contributed by atoms with Gasteiger partial charge in [-0.15, -0.1) is 0 Å². The van der Waals surface area contributed by atoms with Gasteiger partial charge in [0, 0.05) is 20.1 Å². The predicted octanol–water partition coefficient (Wildman–Crippen LogP) is 1.52. The first kappa shape index (κ1) is 16.3. The average Bonchev–Trinajstić information content (AvgIpc) is 2.46. The van der Waals surface area contributed by atoms with Gasteiger partial charge in [0.15, 0.2) is 5.84 Å². The minimum atomic E-state index is 0.0417. The molecule has 1 rings (SSSR count). The van der Waals surface area contributed by atoms with E-state index in [0.29, 0.717) is 37.7 Å². The molecule has 20 heavy (non-hydrogen) atoms. The van der Waals surface area contributed by atoms with Crippen LogP contribution in [0.2, 0.25) is 0 Å². The van der Waals surface area contributed by atoms with Crippen LogP contribution < -0.4 is 10.5 Å². The summed E-state index contributed by atoms with van der Waals surface area (Å²) in [6, 6.07) is 5.55. The van der Waals surface area contributed by atoms with Crippen molar-refractivity contribution in [2.45, 2.75) is 13.3 Å². The Morgan fingerprint density at radius 3 is 2.75 bits per heavy atom. The van der Waals surface area contributed by atoms with Crippen LogP contribution in [-0.4, -0.2) is 44.6 Å². The van der Waals surface area contributed by atoms with Gasteiger partial charge in [0.05, 0.1) is 25.4 Å². The second-order valence-corrected chi connectivity index (χ2v) is 4.29. The highest BCUT2D eigenvalue weighted by molar-refractivity contribution is 5.99. The molecule has 0 aromatic heterocycles. The summed E-state index contributed by atoms with van der Waals surface area (Å²) in [6.07, 6.45) is 0.757. The van der Waals surface area contributed by atoms with E-state index in [1.165, 1.54) is 0 Å². The van der Waals surface area contributed by atoms with Gasteiger partial charge in [-0.25, -0.2) is 0 Å². The second kappa shape index (κ2) is 9.17. The van der Waals surface area contributed by atoms with Gasteiger partial charge in [0.2, 0.25) is 0 Å². The Kier molecular flexibility index (Phi) is 7.46. The summed E-state index contributed by atoms with van der Waals surface area (Å²) in [5, 5.41) is 11.8. The molecule has 6 nitrogen and oxygen atoms in total. The fourth-order valence-electron chi connectivity index (χ4n) is 1.61. The van der Waals surface area contributed by atoms with E-state index in [-0.39, 0.29) is 5.84 Å². The number of amidine groups is 1. The predicted molar refractivity (Wildman–Crippen MR) is 76.5 cm³/mol. The molecule has 1 aromatic carbocycles. The molecule has 0 saturated carbocycles. The van der Waals surface area contributed by atoms with Crippen molar-refractivity contribution >= 4 is 5.84 Å². The maximum atomic E-state index is 8.77. The number of ether oxygens (including phenoxy) is 3. The molecular formula is C14H22N2O4. The van der Waals surface area contributed by atoms with Crippen molar-refractivity contribution in [3.63, 3.8) is 0 Å². The van der Waals surface area contributed by atoms with E-state index in [9.17, 15) is 0 Å². The minimum absolute atomic E-state index is 0.0417. The maximum Gasteiger partial charge on any atom is 0.173 e. The van der Waals surface area contributed by atoms with Crippen LogP contribution >= 0.6 is 0 Å². The van der Waals surface area contributed by atoms with E-state index in [4.69, 9.17) is 25.2 Å². The van der Waals surface area contributed by atoms with Crippen molar-refractivity contribution in [3.05, 3.63) is 29.3 Å². The first-order valence-electron chi connectivity index (χ1n) is 6.47. The second-order valence-electron chi connectivity index (χ2n) is 4.29. The lowest BCUT2D eigenvalue weighted by Gasteiger charge is -2.11. The van der Waals surface area contributed by atoms with Crippen molar-refractivity contribution in [2.75, 3.05) is 33.5 Å². The smallest absolute Gasteiger partial charge is 0.173 e. The first-order chi connectivity index (χ1) is 9.69. The normalized spacial score (nSPS) is 11.6. The van der Waals surface area contributed by atoms with Gasteiger partial charge in [-0.3, -0.25) is 0 Å². The monoisotopic (exact) mass is 282 g/mol. The van der Waals surface area contributed by atoms with Crippen molar-refractivity contribution in [1.82, 2.24) is 0 Å². The molecule has 0 spiro atoms. The number of nitrogens with two attached hydrogens (primary N) is 1. The lowest BCUT2D eigenvalue weighted by atomic mass is 10.1. The fraction of sp³-hybridized carbons (Fsp3) is 0.500. The highest BCUT2D eigenvalue weighted by atomic mass is 16.5. The Morgan fingerprint density at radius 1 is 1.25 bits per heavy atom. The van der Waals surface area contributed by atoms with Crippen molar-refractivity contribution in [2.24, 2.45) is 10.9 Å². The van der Waals surface area contributed by atoms with Gasteiger partial charge in [-0.05, 0) is 19.1 Å². The lowest BCUT2D eigenvalue weighted by molar-refractivity contribution is 0.0644. The van der Waals surface area contributed by atoms with E-state index in [2.05, 4.69) is 5.16 Å². The molecule has 0 unspecified atom stereocenters. The largest absolute Gasteiger partial charge is 0.493 e. The maximum absolute atomic E-state index is 8.77. The van der Waals surface area contributed by atoms with Gasteiger partial charge in [0.1, 0.15) is 5.75 Å². The highest BCUT2D eigenvalue weighted by Gasteiger charge is 2.08. The molecule has 0 radical (unpaired) electrons. The number of nitrogens with zero attached hydrogens (tertiary/aromatic N) is 1. The third-order valence-electron chi connectivity index (χ3n) is 2.64. The van der Waals surface area contributed by atoms with Crippen molar-refractivity contribution < 1.29 is 19.4 Å². The molecule has 3 N–H and O–H groups in total. The number of hydrogen-bond acceptors (Lipinski definition) is 5. The minimum Gasteiger partial charge on any atom is -0.493 e. The topological polar surface area (TPSA) is 86.3 Å². The quantitative estimate of drug-likeness (QED) is 0.236. The van der Waals surface area contributed by atoms with E-state index in [1.54, 1.807) is 7.11 Å². The molecule has 6 heteroatoms. The molecule has 0 heterocycles. The standard InChI is InChI=1S/C14H22N2O4/c1-11-4-5-13(12(10-11)14(15)16-17)20-7-3-6-19-9-8-18-2/h4-5,10,17H,3,6-9H2,1-2H3,(H2,15,16). The summed E-state index contributed by atoms with van der Waals surface area (Å²) in [4.78, 5) is 0. The molecule has 0 atom stereocenters. The highest BCUT2D eigenvalue weighted by Crippen LogP contribution is 2.20. The zero-order valence-electron chi connectivity index (χ0n) is 12.0. The number of aryl methyl sites for hydroxylation is 1. The zero-order valence-corrected chi connectivity index (χ0v) is 12.0. The Hall–Kier alpha value is -1.79. The Balaban J connectivity index is 2.43. The molecule has 0 fully saturated rings. The van der Waals surface area contributed by atoms with Gasteiger partial charge < -0.3 is 25.2 Å². The third-order valence-corrected chi connectivity index (χ3v) is 2.64. The van der Waals surface area contributed by atoms with Crippen LogP contribution in [0, 0.1) is 6.92 Å². The summed E-state index contributed by atoms with van der Waals surface area (Å²) >= 11 is 0. The number of methoxy groups -OCH3 is 1. The van der Waals surface area contributed by atoms with Crippen LogP contribution in [0.5, 0.6) is 5.75 Å². The van der Waals surface area contributed by atoms with Crippen LogP contribution in [0.25, 0.3) is 0 Å². The first-order valence-corrected chi connectivity index (χ1v) is 6.47. The van der Waals surface area contributed by atoms with E-state index in [1.807, 2.05) is 25.1 Å². The number of benzene rings is 1. The number of oxime groups is 1. The molecule has 0 aliphatic heterocycles. The Morgan fingerprint density at radius 2 is 2.05 bits per heavy atom. The molecule has 0 amide bonds. The van der Waals surface area contributed by atoms with Crippen LogP contribution in [0.3, 0.4) is 0 Å². The molecule has 0 bridgehead atoms. The van der Waals surface area contributed by atoms with Crippen LogP contribution in [0.4, 0.5) is 0 Å². The third kappa shape index (κ3) is 5.46. The van der Waals surface area contributed by atoms with E-state index < -0.39 is 0 Å². The molecule has 112 valence electrons. The van der Waals surface area contributed by atoms with Gasteiger partial charge in [0.25, 0.3) is 0 Å². The molecular weight excluding hydrogens is 260 g/mol. The summed E-state index contributed by atoms with van der Waals surface area (Å²) in [7, 11) is 1.64. The summed E-state index contributed by atoms with van der Waals surface area (Å²) < 4.78 is 15.9. The SMILES string of the molecule is COCCOCCCOc1ccc(C)cc1/C(N)=N/O. The molecule has 0 aliphatic carbocycles. The van der Waals surface area contributed by atoms with E-state index >= 15 is 0 Å². The summed E-state index contributed by atoms with van der Waals surface area (Å²) in [5.74, 6) is 0.642. The molecule has 0 saturated heterocycles. The zero-order chi connectivity index (χ0) is 14.8. The van der Waals surface area contributed by atoms with Gasteiger partial charge in [-0.1, -0.05) is 16.8 Å². The number of hydrogen-bond donors (Lipinski definition) is 2. The fourth-order valence-corrected chi connectivity index (χ4v) is 1.61. The van der Waals surface area contributed by atoms with Gasteiger partial charge in [-0.2, -0.15) is 0 Å². The molecule has 0 aliphatic rings. The summed E-state index contributed by atoms with van der Waals surface area (Å²) in [5.41, 5.74) is 7.24. The van der Waals surface area contributed by atoms with Gasteiger partial charge >= 0.3 is 0 Å². The molecule has 1 aromatic rings. The van der Waals surface area contributed by atoms with E-state index in [0.717, 1.165) is 12.0 Å². The van der Waals surface area contributed by atoms with Crippen molar-refractivity contribution in [3.8, 4) is 5.75 Å². The van der Waals surface area contributed by atoms with Crippen LogP contribution in [-0.2, 0) is 9.47 Å². The van der Waals surface area contributed by atoms with Crippen molar-refractivity contribution in [1.29, 1.82) is 0 Å².